The van der Waals surface area contributed by atoms with E-state index in [4.69, 9.17) is 11.5 Å². The van der Waals surface area contributed by atoms with Gasteiger partial charge in [-0.15, -0.1) is 0 Å². The number of amides is 2. The van der Waals surface area contributed by atoms with Gasteiger partial charge in [0.1, 0.15) is 0 Å². The van der Waals surface area contributed by atoms with Crippen LogP contribution in [0.2, 0.25) is 0 Å². The Bertz CT molecular complexity index is 954. The average molecular weight is 374 g/mol. The summed E-state index contributed by atoms with van der Waals surface area (Å²) in [5, 5.41) is 0. The summed E-state index contributed by atoms with van der Waals surface area (Å²) in [7, 11) is 3.37. The molecule has 0 radical (unpaired) electrons. The van der Waals surface area contributed by atoms with Crippen molar-refractivity contribution in [2.75, 3.05) is 35.4 Å². The van der Waals surface area contributed by atoms with E-state index in [1.807, 2.05) is 12.1 Å². The summed E-state index contributed by atoms with van der Waals surface area (Å²) in [6, 6.07) is 20.9. The van der Waals surface area contributed by atoms with E-state index >= 15 is 0 Å². The molecule has 0 unspecified atom stereocenters. The van der Waals surface area contributed by atoms with Gasteiger partial charge in [-0.25, -0.2) is 0 Å². The summed E-state index contributed by atoms with van der Waals surface area (Å²) >= 11 is 0. The molecule has 0 saturated carbocycles. The third kappa shape index (κ3) is 3.96. The molecule has 0 aliphatic rings. The Labute approximate surface area is 164 Å². The summed E-state index contributed by atoms with van der Waals surface area (Å²) in [6.07, 6.45) is 0. The van der Waals surface area contributed by atoms with E-state index in [0.29, 0.717) is 33.9 Å². The van der Waals surface area contributed by atoms with Crippen LogP contribution in [0.25, 0.3) is 0 Å². The van der Waals surface area contributed by atoms with Crippen LogP contribution in [0.5, 0.6) is 0 Å². The number of nitrogen functional groups attached to an aromatic ring is 2. The van der Waals surface area contributed by atoms with Gasteiger partial charge in [-0.2, -0.15) is 0 Å². The summed E-state index contributed by atoms with van der Waals surface area (Å²) in [6.45, 7) is 0. The zero-order valence-electron chi connectivity index (χ0n) is 15.8. The van der Waals surface area contributed by atoms with E-state index in [-0.39, 0.29) is 11.8 Å². The van der Waals surface area contributed by atoms with Crippen molar-refractivity contribution in [1.29, 1.82) is 0 Å². The molecule has 4 N–H and O–H groups in total. The van der Waals surface area contributed by atoms with Gasteiger partial charge in [0, 0.05) is 48.0 Å². The molecule has 0 aliphatic heterocycles. The third-order valence-electron chi connectivity index (χ3n) is 4.48. The molecule has 0 spiro atoms. The van der Waals surface area contributed by atoms with Gasteiger partial charge in [-0.05, 0) is 54.6 Å². The van der Waals surface area contributed by atoms with E-state index < -0.39 is 0 Å². The first-order valence-corrected chi connectivity index (χ1v) is 8.74. The fourth-order valence-corrected chi connectivity index (χ4v) is 2.88. The van der Waals surface area contributed by atoms with Gasteiger partial charge in [-0.1, -0.05) is 18.2 Å². The van der Waals surface area contributed by atoms with Crippen LogP contribution in [0, 0.1) is 0 Å². The predicted octanol–water partition coefficient (Wildman–Crippen LogP) is 3.40. The molecule has 0 bridgehead atoms. The predicted molar refractivity (Wildman–Crippen MR) is 114 cm³/mol. The van der Waals surface area contributed by atoms with Crippen LogP contribution in [0.1, 0.15) is 20.7 Å². The normalized spacial score (nSPS) is 10.4. The summed E-state index contributed by atoms with van der Waals surface area (Å²) in [5.74, 6) is -0.372. The number of anilines is 4. The lowest BCUT2D eigenvalue weighted by molar-refractivity contribution is 0.0986. The molecule has 0 atom stereocenters. The lowest BCUT2D eigenvalue weighted by atomic mass is 10.1. The first-order valence-electron chi connectivity index (χ1n) is 8.74. The van der Waals surface area contributed by atoms with Crippen molar-refractivity contribution in [1.82, 2.24) is 0 Å². The first-order chi connectivity index (χ1) is 13.4. The zero-order chi connectivity index (χ0) is 20.3. The highest BCUT2D eigenvalue weighted by Gasteiger charge is 2.17. The Hall–Kier alpha value is -3.80. The van der Waals surface area contributed by atoms with E-state index in [9.17, 15) is 9.59 Å². The second-order valence-electron chi connectivity index (χ2n) is 6.50. The minimum Gasteiger partial charge on any atom is -0.399 e. The summed E-state index contributed by atoms with van der Waals surface area (Å²) in [5.41, 5.74) is 14.9. The Balaban J connectivity index is 1.85. The minimum absolute atomic E-state index is 0.186. The number of hydrogen-bond donors (Lipinski definition) is 2. The number of benzene rings is 3. The molecule has 3 aromatic carbocycles. The van der Waals surface area contributed by atoms with Crippen molar-refractivity contribution >= 4 is 34.6 Å². The number of hydrogen-bond acceptors (Lipinski definition) is 4. The maximum Gasteiger partial charge on any atom is 0.258 e. The molecule has 2 amide bonds. The number of nitrogens with two attached hydrogens (primary N) is 2. The van der Waals surface area contributed by atoms with Crippen molar-refractivity contribution in [2.24, 2.45) is 0 Å². The van der Waals surface area contributed by atoms with Crippen molar-refractivity contribution < 1.29 is 9.59 Å². The van der Waals surface area contributed by atoms with Crippen LogP contribution in [-0.2, 0) is 0 Å². The molecule has 6 nitrogen and oxygen atoms in total. The smallest absolute Gasteiger partial charge is 0.258 e. The molecular weight excluding hydrogens is 352 g/mol. The number of carbonyl (C=O) groups excluding carboxylic acids is 2. The largest absolute Gasteiger partial charge is 0.399 e. The highest BCUT2D eigenvalue weighted by Crippen LogP contribution is 2.24. The molecule has 0 heterocycles. The number of carbonyl (C=O) groups is 2. The van der Waals surface area contributed by atoms with Crippen molar-refractivity contribution in [3.8, 4) is 0 Å². The van der Waals surface area contributed by atoms with E-state index in [2.05, 4.69) is 0 Å². The highest BCUT2D eigenvalue weighted by atomic mass is 16.2. The van der Waals surface area contributed by atoms with Crippen LogP contribution >= 0.6 is 0 Å². The van der Waals surface area contributed by atoms with Crippen LogP contribution in [0.15, 0.2) is 72.8 Å². The Morgan fingerprint density at radius 3 is 1.43 bits per heavy atom. The van der Waals surface area contributed by atoms with E-state index in [1.54, 1.807) is 74.8 Å². The van der Waals surface area contributed by atoms with Crippen molar-refractivity contribution in [3.05, 3.63) is 83.9 Å². The second kappa shape index (κ2) is 7.84. The van der Waals surface area contributed by atoms with Gasteiger partial charge >= 0.3 is 0 Å². The van der Waals surface area contributed by atoms with Crippen molar-refractivity contribution in [3.63, 3.8) is 0 Å². The van der Waals surface area contributed by atoms with Gasteiger partial charge in [0.15, 0.2) is 0 Å². The Morgan fingerprint density at radius 1 is 0.643 bits per heavy atom. The highest BCUT2D eigenvalue weighted by molar-refractivity contribution is 6.08. The monoisotopic (exact) mass is 374 g/mol. The van der Waals surface area contributed by atoms with Crippen molar-refractivity contribution in [2.45, 2.75) is 0 Å². The van der Waals surface area contributed by atoms with Gasteiger partial charge < -0.3 is 21.3 Å². The molecule has 28 heavy (non-hydrogen) atoms. The lowest BCUT2D eigenvalue weighted by Crippen LogP contribution is -2.28. The summed E-state index contributed by atoms with van der Waals surface area (Å²) < 4.78 is 0. The van der Waals surface area contributed by atoms with Gasteiger partial charge in [-0.3, -0.25) is 9.59 Å². The molecule has 3 aromatic rings. The molecular formula is C22H22N4O2. The standard InChI is InChI=1S/C22H22N4O2/c1-25(21(27)15-6-3-8-17(23)12-15)19-10-5-11-20(14-19)26(2)22(28)16-7-4-9-18(24)13-16/h3-14H,23-24H2,1-2H3. The zero-order valence-corrected chi connectivity index (χ0v) is 15.8. The van der Waals surface area contributed by atoms with E-state index in [0.717, 1.165) is 0 Å². The minimum atomic E-state index is -0.186. The van der Waals surface area contributed by atoms with Crippen LogP contribution in [-0.4, -0.2) is 25.9 Å². The molecule has 6 heteroatoms. The molecule has 0 aliphatic carbocycles. The molecule has 3 rings (SSSR count). The molecule has 0 aromatic heterocycles. The fraction of sp³-hybridized carbons (Fsp3) is 0.0909. The average Bonchev–Trinajstić information content (AvgIpc) is 2.71. The van der Waals surface area contributed by atoms with Gasteiger partial charge in [0.05, 0.1) is 0 Å². The maximum absolute atomic E-state index is 12.7. The first kappa shape index (κ1) is 19.0. The van der Waals surface area contributed by atoms with Crippen LogP contribution < -0.4 is 21.3 Å². The SMILES string of the molecule is CN(C(=O)c1cccc(N)c1)c1cccc(N(C)C(=O)c2cccc(N)c2)c1. The molecule has 0 saturated heterocycles. The second-order valence-corrected chi connectivity index (χ2v) is 6.50. The lowest BCUT2D eigenvalue weighted by Gasteiger charge is -2.22. The van der Waals surface area contributed by atoms with E-state index in [1.165, 1.54) is 9.80 Å². The summed E-state index contributed by atoms with van der Waals surface area (Å²) in [4.78, 5) is 28.5. The number of rotatable bonds is 4. The third-order valence-corrected chi connectivity index (χ3v) is 4.48. The topological polar surface area (TPSA) is 92.7 Å². The quantitative estimate of drug-likeness (QED) is 0.685. The maximum atomic E-state index is 12.7. The Morgan fingerprint density at radius 2 is 1.04 bits per heavy atom. The Kier molecular flexibility index (Phi) is 5.31. The van der Waals surface area contributed by atoms with Crippen LogP contribution in [0.3, 0.4) is 0 Å². The molecule has 142 valence electrons. The van der Waals surface area contributed by atoms with Gasteiger partial charge in [0.2, 0.25) is 0 Å². The molecule has 0 fully saturated rings. The van der Waals surface area contributed by atoms with Crippen LogP contribution in [0.4, 0.5) is 22.7 Å². The number of nitrogens with zero attached hydrogens (tertiary/aromatic N) is 2. The van der Waals surface area contributed by atoms with Gasteiger partial charge in [0.25, 0.3) is 11.8 Å². The fourth-order valence-electron chi connectivity index (χ4n) is 2.88.